The van der Waals surface area contributed by atoms with E-state index in [9.17, 15) is 4.79 Å². The van der Waals surface area contributed by atoms with Gasteiger partial charge in [-0.3, -0.25) is 4.79 Å². The van der Waals surface area contributed by atoms with Crippen LogP contribution in [0.2, 0.25) is 0 Å². The summed E-state index contributed by atoms with van der Waals surface area (Å²) in [5.41, 5.74) is 0.712. The number of hydrogen-bond acceptors (Lipinski definition) is 5. The Morgan fingerprint density at radius 3 is 3.00 bits per heavy atom. The topological polar surface area (TPSA) is 72.7 Å². The van der Waals surface area contributed by atoms with Crippen LogP contribution in [-0.4, -0.2) is 19.7 Å². The number of aromatic nitrogens is 4. The molecule has 0 radical (unpaired) electrons. The molecule has 6 nitrogen and oxygen atoms in total. The molecule has 18 heavy (non-hydrogen) atoms. The molecule has 0 amide bonds. The van der Waals surface area contributed by atoms with Crippen LogP contribution in [0, 0.1) is 0 Å². The van der Waals surface area contributed by atoms with Gasteiger partial charge in [-0.25, -0.2) is 4.98 Å². The predicted molar refractivity (Wildman–Crippen MR) is 66.1 cm³/mol. The molecule has 1 saturated carbocycles. The summed E-state index contributed by atoms with van der Waals surface area (Å²) in [7, 11) is 0. The van der Waals surface area contributed by atoms with Crippen molar-refractivity contribution in [1.29, 1.82) is 0 Å². The first-order chi connectivity index (χ1) is 8.84. The monoisotopic (exact) mass is 243 g/mol. The molecule has 3 rings (SSSR count). The summed E-state index contributed by atoms with van der Waals surface area (Å²) in [6.45, 7) is 0.449. The maximum Gasteiger partial charge on any atom is 0.293 e. The van der Waals surface area contributed by atoms with Gasteiger partial charge >= 0.3 is 0 Å². The van der Waals surface area contributed by atoms with Crippen LogP contribution in [0.25, 0.3) is 0 Å². The second-order valence-electron chi connectivity index (χ2n) is 4.29. The van der Waals surface area contributed by atoms with Gasteiger partial charge in [0.15, 0.2) is 5.82 Å². The maximum atomic E-state index is 12.1. The van der Waals surface area contributed by atoms with E-state index in [1.165, 1.54) is 0 Å². The van der Waals surface area contributed by atoms with Crippen LogP contribution in [0.1, 0.15) is 24.6 Å². The van der Waals surface area contributed by atoms with Gasteiger partial charge in [0, 0.05) is 24.6 Å². The predicted octanol–water partition coefficient (Wildman–Crippen LogP) is 0.980. The third-order valence-corrected chi connectivity index (χ3v) is 2.87. The van der Waals surface area contributed by atoms with Gasteiger partial charge in [-0.15, -0.1) is 0 Å². The van der Waals surface area contributed by atoms with Gasteiger partial charge < -0.3 is 9.88 Å². The molecule has 2 heterocycles. The first kappa shape index (κ1) is 10.9. The van der Waals surface area contributed by atoms with E-state index in [0.717, 1.165) is 18.5 Å². The van der Waals surface area contributed by atoms with Crippen molar-refractivity contribution >= 4 is 5.82 Å². The second-order valence-corrected chi connectivity index (χ2v) is 4.29. The Morgan fingerprint density at radius 1 is 1.39 bits per heavy atom. The lowest BCUT2D eigenvalue weighted by Gasteiger charge is -2.07. The second kappa shape index (κ2) is 4.56. The molecule has 2 aromatic heterocycles. The molecule has 2 aromatic rings. The SMILES string of the molecule is O=c1c(NCc2cccnn2)nccn1C1CC1. The molecule has 1 fully saturated rings. The quantitative estimate of drug-likeness (QED) is 0.866. The number of rotatable bonds is 4. The minimum absolute atomic E-state index is 0.0658. The van der Waals surface area contributed by atoms with Crippen LogP contribution >= 0.6 is 0 Å². The highest BCUT2D eigenvalue weighted by molar-refractivity contribution is 5.31. The van der Waals surface area contributed by atoms with Crippen LogP contribution < -0.4 is 10.9 Å². The zero-order chi connectivity index (χ0) is 12.4. The zero-order valence-corrected chi connectivity index (χ0v) is 9.78. The van der Waals surface area contributed by atoms with Gasteiger partial charge in [0.25, 0.3) is 5.56 Å². The van der Waals surface area contributed by atoms with E-state index in [-0.39, 0.29) is 5.56 Å². The Kier molecular flexibility index (Phi) is 2.76. The number of hydrogen-bond donors (Lipinski definition) is 1. The lowest BCUT2D eigenvalue weighted by Crippen LogP contribution is -2.23. The molecule has 1 aliphatic carbocycles. The fourth-order valence-electron chi connectivity index (χ4n) is 1.79. The summed E-state index contributed by atoms with van der Waals surface area (Å²) in [6, 6.07) is 4.02. The molecule has 0 bridgehead atoms. The van der Waals surface area contributed by atoms with E-state index in [4.69, 9.17) is 0 Å². The fourth-order valence-corrected chi connectivity index (χ4v) is 1.79. The Balaban J connectivity index is 1.77. The van der Waals surface area contributed by atoms with Gasteiger partial charge in [0.2, 0.25) is 0 Å². The molecule has 0 atom stereocenters. The van der Waals surface area contributed by atoms with E-state index in [1.807, 2.05) is 12.1 Å². The lowest BCUT2D eigenvalue weighted by molar-refractivity contribution is 0.699. The Labute approximate surface area is 104 Å². The molecular formula is C12H13N5O. The average molecular weight is 243 g/mol. The van der Waals surface area contributed by atoms with Crippen LogP contribution in [0.15, 0.2) is 35.5 Å². The highest BCUT2D eigenvalue weighted by atomic mass is 16.1. The highest BCUT2D eigenvalue weighted by Gasteiger charge is 2.25. The minimum Gasteiger partial charge on any atom is -0.360 e. The zero-order valence-electron chi connectivity index (χ0n) is 9.78. The number of nitrogens with one attached hydrogen (secondary N) is 1. The van der Waals surface area contributed by atoms with E-state index in [2.05, 4.69) is 20.5 Å². The van der Waals surface area contributed by atoms with Crippen LogP contribution in [0.3, 0.4) is 0 Å². The summed E-state index contributed by atoms with van der Waals surface area (Å²) >= 11 is 0. The molecule has 0 aromatic carbocycles. The van der Waals surface area contributed by atoms with Crippen molar-refractivity contribution in [2.24, 2.45) is 0 Å². The highest BCUT2D eigenvalue weighted by Crippen LogP contribution is 2.33. The Morgan fingerprint density at radius 2 is 2.28 bits per heavy atom. The van der Waals surface area contributed by atoms with Crippen LogP contribution in [-0.2, 0) is 6.54 Å². The van der Waals surface area contributed by atoms with Gasteiger partial charge in [0.1, 0.15) is 0 Å². The lowest BCUT2D eigenvalue weighted by atomic mass is 10.4. The Bertz CT molecular complexity index is 591. The van der Waals surface area contributed by atoms with Crippen molar-refractivity contribution in [1.82, 2.24) is 19.7 Å². The van der Waals surface area contributed by atoms with Crippen LogP contribution in [0.4, 0.5) is 5.82 Å². The molecule has 1 N–H and O–H groups in total. The standard InChI is InChI=1S/C12H13N5O/c18-12-11(13-6-7-17(12)10-3-4-10)14-8-9-2-1-5-15-16-9/h1-2,5-7,10H,3-4,8H2,(H,13,14). The van der Waals surface area contributed by atoms with Gasteiger partial charge in [-0.1, -0.05) is 0 Å². The summed E-state index contributed by atoms with van der Waals surface area (Å²) < 4.78 is 1.74. The molecule has 6 heteroatoms. The average Bonchev–Trinajstić information content (AvgIpc) is 3.23. The summed E-state index contributed by atoms with van der Waals surface area (Å²) in [5.74, 6) is 0.370. The minimum atomic E-state index is -0.0658. The maximum absolute atomic E-state index is 12.1. The normalized spacial score (nSPS) is 14.4. The number of anilines is 1. The van der Waals surface area contributed by atoms with Gasteiger partial charge in [-0.2, -0.15) is 10.2 Å². The van der Waals surface area contributed by atoms with E-state index >= 15 is 0 Å². The molecular weight excluding hydrogens is 230 g/mol. The third-order valence-electron chi connectivity index (χ3n) is 2.87. The van der Waals surface area contributed by atoms with E-state index in [0.29, 0.717) is 18.4 Å². The van der Waals surface area contributed by atoms with Crippen molar-refractivity contribution < 1.29 is 0 Å². The van der Waals surface area contributed by atoms with E-state index in [1.54, 1.807) is 23.2 Å². The van der Waals surface area contributed by atoms with Gasteiger partial charge in [-0.05, 0) is 25.0 Å². The number of nitrogens with zero attached hydrogens (tertiary/aromatic N) is 4. The van der Waals surface area contributed by atoms with E-state index < -0.39 is 0 Å². The first-order valence-electron chi connectivity index (χ1n) is 5.92. The molecule has 0 spiro atoms. The molecule has 0 aliphatic heterocycles. The van der Waals surface area contributed by atoms with Crippen LogP contribution in [0.5, 0.6) is 0 Å². The molecule has 1 aliphatic rings. The Hall–Kier alpha value is -2.24. The first-order valence-corrected chi connectivity index (χ1v) is 5.92. The van der Waals surface area contributed by atoms with Crippen molar-refractivity contribution in [2.45, 2.75) is 25.4 Å². The fraction of sp³-hybridized carbons (Fsp3) is 0.333. The largest absolute Gasteiger partial charge is 0.360 e. The van der Waals surface area contributed by atoms with Crippen molar-refractivity contribution in [3.8, 4) is 0 Å². The third kappa shape index (κ3) is 2.22. The smallest absolute Gasteiger partial charge is 0.293 e. The van der Waals surface area contributed by atoms with Gasteiger partial charge in [0.05, 0.1) is 12.2 Å². The molecule has 92 valence electrons. The molecule has 0 saturated heterocycles. The van der Waals surface area contributed by atoms with Crippen molar-refractivity contribution in [2.75, 3.05) is 5.32 Å². The van der Waals surface area contributed by atoms with Crippen molar-refractivity contribution in [3.63, 3.8) is 0 Å². The summed E-state index contributed by atoms with van der Waals surface area (Å²) in [6.07, 6.45) is 7.16. The summed E-state index contributed by atoms with van der Waals surface area (Å²) in [5, 5.41) is 10.7. The van der Waals surface area contributed by atoms with Crippen molar-refractivity contribution in [3.05, 3.63) is 46.8 Å². The molecule has 0 unspecified atom stereocenters. The summed E-state index contributed by atoms with van der Waals surface area (Å²) in [4.78, 5) is 16.1.